The van der Waals surface area contributed by atoms with E-state index in [-0.39, 0.29) is 0 Å². The van der Waals surface area contributed by atoms with Crippen LogP contribution in [0.15, 0.2) is 0 Å². The van der Waals surface area contributed by atoms with Crippen molar-refractivity contribution in [3.63, 3.8) is 0 Å². The number of nitrogens with zero attached hydrogens (tertiary/aromatic N) is 2. The Morgan fingerprint density at radius 2 is 1.57 bits per heavy atom. The van der Waals surface area contributed by atoms with Crippen LogP contribution in [0.25, 0.3) is 0 Å². The molecule has 0 bridgehead atoms. The Morgan fingerprint density at radius 3 is 2.14 bits per heavy atom. The number of rotatable bonds is 3. The first-order chi connectivity index (χ1) is 6.92. The standard InChI is InChI=1S/C11H23N3/c1-2-11(13-7-3-4-8-13)14-9-5-12-6-10-14/h11-12H,2-10H2,1H3. The van der Waals surface area contributed by atoms with Gasteiger partial charge >= 0.3 is 0 Å². The van der Waals surface area contributed by atoms with E-state index in [1.807, 2.05) is 0 Å². The summed E-state index contributed by atoms with van der Waals surface area (Å²) in [5.74, 6) is 0. The van der Waals surface area contributed by atoms with Gasteiger partial charge in [-0.25, -0.2) is 0 Å². The molecule has 0 aromatic heterocycles. The first-order valence-corrected chi connectivity index (χ1v) is 6.10. The fourth-order valence-electron chi connectivity index (χ4n) is 2.77. The maximum absolute atomic E-state index is 3.42. The van der Waals surface area contributed by atoms with Crippen LogP contribution in [-0.4, -0.2) is 55.2 Å². The van der Waals surface area contributed by atoms with Crippen molar-refractivity contribution in [3.8, 4) is 0 Å². The van der Waals surface area contributed by atoms with Crippen LogP contribution < -0.4 is 5.32 Å². The second-order valence-electron chi connectivity index (χ2n) is 4.42. The van der Waals surface area contributed by atoms with Gasteiger partial charge in [-0.05, 0) is 32.4 Å². The molecular weight excluding hydrogens is 174 g/mol. The monoisotopic (exact) mass is 197 g/mol. The van der Waals surface area contributed by atoms with E-state index in [2.05, 4.69) is 22.0 Å². The average molecular weight is 197 g/mol. The summed E-state index contributed by atoms with van der Waals surface area (Å²) < 4.78 is 0. The predicted octanol–water partition coefficient (Wildman–Crippen LogP) is 0.724. The third-order valence-corrected chi connectivity index (χ3v) is 3.50. The molecule has 2 saturated heterocycles. The van der Waals surface area contributed by atoms with Gasteiger partial charge in [0.2, 0.25) is 0 Å². The second kappa shape index (κ2) is 5.10. The summed E-state index contributed by atoms with van der Waals surface area (Å²) in [5, 5.41) is 3.42. The van der Waals surface area contributed by atoms with Crippen molar-refractivity contribution < 1.29 is 0 Å². The number of piperazine rings is 1. The zero-order chi connectivity index (χ0) is 9.80. The van der Waals surface area contributed by atoms with E-state index < -0.39 is 0 Å². The van der Waals surface area contributed by atoms with Crippen LogP contribution in [-0.2, 0) is 0 Å². The van der Waals surface area contributed by atoms with Crippen LogP contribution >= 0.6 is 0 Å². The van der Waals surface area contributed by atoms with Gasteiger partial charge in [0.1, 0.15) is 0 Å². The number of nitrogens with one attached hydrogen (secondary N) is 1. The number of likely N-dealkylation sites (tertiary alicyclic amines) is 1. The topological polar surface area (TPSA) is 18.5 Å². The molecule has 0 aromatic carbocycles. The molecule has 2 aliphatic heterocycles. The van der Waals surface area contributed by atoms with Crippen molar-refractivity contribution >= 4 is 0 Å². The van der Waals surface area contributed by atoms with Gasteiger partial charge in [-0.15, -0.1) is 0 Å². The zero-order valence-corrected chi connectivity index (χ0v) is 9.34. The molecule has 0 radical (unpaired) electrons. The fourth-order valence-corrected chi connectivity index (χ4v) is 2.77. The third-order valence-electron chi connectivity index (χ3n) is 3.50. The molecule has 3 nitrogen and oxygen atoms in total. The molecule has 82 valence electrons. The highest BCUT2D eigenvalue weighted by atomic mass is 15.4. The van der Waals surface area contributed by atoms with Crippen molar-refractivity contribution in [1.29, 1.82) is 0 Å². The van der Waals surface area contributed by atoms with Crippen molar-refractivity contribution in [2.75, 3.05) is 39.3 Å². The van der Waals surface area contributed by atoms with Crippen molar-refractivity contribution in [2.45, 2.75) is 32.4 Å². The summed E-state index contributed by atoms with van der Waals surface area (Å²) in [6.07, 6.45) is 4.81. The molecule has 0 spiro atoms. The smallest absolute Gasteiger partial charge is 0.0620 e. The summed E-state index contributed by atoms with van der Waals surface area (Å²) >= 11 is 0. The van der Waals surface area contributed by atoms with Gasteiger partial charge in [0.05, 0.1) is 6.17 Å². The van der Waals surface area contributed by atoms with Gasteiger partial charge in [0.15, 0.2) is 0 Å². The lowest BCUT2D eigenvalue weighted by molar-refractivity contribution is 0.0467. The molecule has 1 unspecified atom stereocenters. The lowest BCUT2D eigenvalue weighted by Gasteiger charge is -2.39. The van der Waals surface area contributed by atoms with E-state index in [1.54, 1.807) is 0 Å². The normalized spacial score (nSPS) is 28.1. The largest absolute Gasteiger partial charge is 0.314 e. The summed E-state index contributed by atoms with van der Waals surface area (Å²) in [5.41, 5.74) is 0. The number of hydrogen-bond donors (Lipinski definition) is 1. The van der Waals surface area contributed by atoms with E-state index in [9.17, 15) is 0 Å². The van der Waals surface area contributed by atoms with Gasteiger partial charge in [-0.1, -0.05) is 6.92 Å². The van der Waals surface area contributed by atoms with Crippen LogP contribution in [0.4, 0.5) is 0 Å². The minimum atomic E-state index is 0.722. The molecule has 0 aromatic rings. The molecule has 1 atom stereocenters. The molecule has 14 heavy (non-hydrogen) atoms. The number of hydrogen-bond acceptors (Lipinski definition) is 3. The Kier molecular flexibility index (Phi) is 3.79. The summed E-state index contributed by atoms with van der Waals surface area (Å²) in [7, 11) is 0. The van der Waals surface area contributed by atoms with Crippen molar-refractivity contribution in [3.05, 3.63) is 0 Å². The first-order valence-electron chi connectivity index (χ1n) is 6.10. The van der Waals surface area contributed by atoms with Gasteiger partial charge in [-0.3, -0.25) is 9.80 Å². The van der Waals surface area contributed by atoms with E-state index in [4.69, 9.17) is 0 Å². The van der Waals surface area contributed by atoms with Crippen molar-refractivity contribution in [2.24, 2.45) is 0 Å². The van der Waals surface area contributed by atoms with Crippen LogP contribution in [0.2, 0.25) is 0 Å². The maximum Gasteiger partial charge on any atom is 0.0620 e. The second-order valence-corrected chi connectivity index (χ2v) is 4.42. The molecule has 2 heterocycles. The first kappa shape index (κ1) is 10.4. The average Bonchev–Trinajstić information content (AvgIpc) is 2.74. The highest BCUT2D eigenvalue weighted by molar-refractivity contribution is 4.79. The Balaban J connectivity index is 1.89. The van der Waals surface area contributed by atoms with Crippen LogP contribution in [0.3, 0.4) is 0 Å². The Morgan fingerprint density at radius 1 is 1.00 bits per heavy atom. The van der Waals surface area contributed by atoms with Gasteiger partial charge in [0, 0.05) is 26.2 Å². The Labute approximate surface area is 87.4 Å². The molecule has 2 aliphatic rings. The highest BCUT2D eigenvalue weighted by Gasteiger charge is 2.26. The van der Waals surface area contributed by atoms with Gasteiger partial charge in [-0.2, -0.15) is 0 Å². The van der Waals surface area contributed by atoms with Crippen molar-refractivity contribution in [1.82, 2.24) is 15.1 Å². The SMILES string of the molecule is CCC(N1CCCC1)N1CCNCC1. The Hall–Kier alpha value is -0.120. The molecule has 3 heteroatoms. The highest BCUT2D eigenvalue weighted by Crippen LogP contribution is 2.17. The summed E-state index contributed by atoms with van der Waals surface area (Å²) in [6.45, 7) is 9.77. The van der Waals surface area contributed by atoms with Gasteiger partial charge in [0.25, 0.3) is 0 Å². The van der Waals surface area contributed by atoms with E-state index in [1.165, 1.54) is 58.5 Å². The predicted molar refractivity (Wildman–Crippen MR) is 59.3 cm³/mol. The lowest BCUT2D eigenvalue weighted by Crippen LogP contribution is -2.54. The molecule has 1 N–H and O–H groups in total. The minimum Gasteiger partial charge on any atom is -0.314 e. The van der Waals surface area contributed by atoms with E-state index in [0.29, 0.717) is 0 Å². The molecule has 0 saturated carbocycles. The van der Waals surface area contributed by atoms with Crippen LogP contribution in [0.5, 0.6) is 0 Å². The maximum atomic E-state index is 3.42. The summed E-state index contributed by atoms with van der Waals surface area (Å²) in [6, 6.07) is 0. The molecule has 2 fully saturated rings. The Bertz CT molecular complexity index is 160. The van der Waals surface area contributed by atoms with Gasteiger partial charge < -0.3 is 5.32 Å². The lowest BCUT2D eigenvalue weighted by atomic mass is 10.2. The van der Waals surface area contributed by atoms with Crippen LogP contribution in [0.1, 0.15) is 26.2 Å². The van der Waals surface area contributed by atoms with E-state index >= 15 is 0 Å². The minimum absolute atomic E-state index is 0.722. The third kappa shape index (κ3) is 2.27. The zero-order valence-electron chi connectivity index (χ0n) is 9.34. The fraction of sp³-hybridized carbons (Fsp3) is 1.00. The molecule has 0 aliphatic carbocycles. The summed E-state index contributed by atoms with van der Waals surface area (Å²) in [4.78, 5) is 5.33. The molecule has 0 amide bonds. The molecule has 2 rings (SSSR count). The van der Waals surface area contributed by atoms with Crippen LogP contribution in [0, 0.1) is 0 Å². The quantitative estimate of drug-likeness (QED) is 0.719. The van der Waals surface area contributed by atoms with E-state index in [0.717, 1.165) is 6.17 Å². The molecular formula is C11H23N3.